The van der Waals surface area contributed by atoms with Crippen molar-refractivity contribution in [2.45, 2.75) is 13.5 Å². The molecule has 1 aromatic carbocycles. The SMILES string of the molecule is Cc1ccc2ncccc2c1CN1C[C@@H]2CN(C)C[C@]2(C(=O)O)C1. The van der Waals surface area contributed by atoms with Crippen molar-refractivity contribution in [1.29, 1.82) is 0 Å². The van der Waals surface area contributed by atoms with Crippen LogP contribution in [0.3, 0.4) is 0 Å². The number of pyridine rings is 1. The highest BCUT2D eigenvalue weighted by Crippen LogP contribution is 2.43. The number of carboxylic acid groups (broad SMARTS) is 1. The lowest BCUT2D eigenvalue weighted by molar-refractivity contribution is -0.148. The second kappa shape index (κ2) is 5.53. The maximum Gasteiger partial charge on any atom is 0.312 e. The van der Waals surface area contributed by atoms with E-state index in [1.54, 1.807) is 0 Å². The molecular formula is C19H23N3O2. The zero-order chi connectivity index (χ0) is 16.9. The summed E-state index contributed by atoms with van der Waals surface area (Å²) < 4.78 is 0. The summed E-state index contributed by atoms with van der Waals surface area (Å²) in [5, 5.41) is 11.0. The van der Waals surface area contributed by atoms with E-state index in [4.69, 9.17) is 0 Å². The molecule has 1 aromatic heterocycles. The van der Waals surface area contributed by atoms with E-state index in [1.165, 1.54) is 16.5 Å². The summed E-state index contributed by atoms with van der Waals surface area (Å²) in [6.07, 6.45) is 1.82. The Morgan fingerprint density at radius 1 is 1.33 bits per heavy atom. The molecule has 2 fully saturated rings. The van der Waals surface area contributed by atoms with Gasteiger partial charge in [0.1, 0.15) is 0 Å². The van der Waals surface area contributed by atoms with Gasteiger partial charge in [0.05, 0.1) is 10.9 Å². The molecule has 2 saturated heterocycles. The number of fused-ring (bicyclic) bond motifs is 2. The van der Waals surface area contributed by atoms with Gasteiger partial charge in [-0.1, -0.05) is 12.1 Å². The maximum atomic E-state index is 12.0. The second-order valence-electron chi connectivity index (χ2n) is 7.46. The molecule has 2 atom stereocenters. The van der Waals surface area contributed by atoms with Gasteiger partial charge >= 0.3 is 5.97 Å². The summed E-state index contributed by atoms with van der Waals surface area (Å²) in [5.74, 6) is -0.427. The molecule has 0 bridgehead atoms. The number of hydrogen-bond donors (Lipinski definition) is 1. The average molecular weight is 325 g/mol. The van der Waals surface area contributed by atoms with Gasteiger partial charge in [-0.15, -0.1) is 0 Å². The average Bonchev–Trinajstić information content (AvgIpc) is 3.03. The first-order chi connectivity index (χ1) is 11.5. The van der Waals surface area contributed by atoms with Crippen molar-refractivity contribution in [2.75, 3.05) is 33.2 Å². The first-order valence-corrected chi connectivity index (χ1v) is 8.47. The van der Waals surface area contributed by atoms with Gasteiger partial charge in [-0.3, -0.25) is 14.7 Å². The summed E-state index contributed by atoms with van der Waals surface area (Å²) in [7, 11) is 2.02. The molecular weight excluding hydrogens is 302 g/mol. The number of carboxylic acids is 1. The lowest BCUT2D eigenvalue weighted by atomic mass is 9.81. The fourth-order valence-corrected chi connectivity index (χ4v) is 4.60. The van der Waals surface area contributed by atoms with Gasteiger partial charge in [-0.25, -0.2) is 0 Å². The van der Waals surface area contributed by atoms with Crippen molar-refractivity contribution in [3.8, 4) is 0 Å². The fraction of sp³-hybridized carbons (Fsp3) is 0.474. The van der Waals surface area contributed by atoms with E-state index >= 15 is 0 Å². The third-order valence-electron chi connectivity index (χ3n) is 5.79. The van der Waals surface area contributed by atoms with Gasteiger partial charge in [-0.05, 0) is 37.2 Å². The fourth-order valence-electron chi connectivity index (χ4n) is 4.60. The molecule has 4 rings (SSSR count). The highest BCUT2D eigenvalue weighted by Gasteiger charge is 2.56. The van der Waals surface area contributed by atoms with Gasteiger partial charge < -0.3 is 10.0 Å². The smallest absolute Gasteiger partial charge is 0.312 e. The quantitative estimate of drug-likeness (QED) is 0.935. The van der Waals surface area contributed by atoms with E-state index in [0.717, 1.165) is 25.2 Å². The molecule has 3 heterocycles. The van der Waals surface area contributed by atoms with Crippen LogP contribution >= 0.6 is 0 Å². The monoisotopic (exact) mass is 325 g/mol. The van der Waals surface area contributed by atoms with Crippen LogP contribution in [0.25, 0.3) is 10.9 Å². The minimum atomic E-state index is -0.643. The summed E-state index contributed by atoms with van der Waals surface area (Å²) in [5.41, 5.74) is 2.92. The van der Waals surface area contributed by atoms with Crippen molar-refractivity contribution in [3.63, 3.8) is 0 Å². The molecule has 2 aromatic rings. The topological polar surface area (TPSA) is 56.7 Å². The Labute approximate surface area is 141 Å². The number of likely N-dealkylation sites (tertiary alicyclic amines) is 2. The molecule has 126 valence electrons. The van der Waals surface area contributed by atoms with Gasteiger partial charge in [0.15, 0.2) is 0 Å². The number of aliphatic carboxylic acids is 1. The molecule has 0 aliphatic carbocycles. The lowest BCUT2D eigenvalue weighted by Crippen LogP contribution is -2.40. The van der Waals surface area contributed by atoms with Crippen molar-refractivity contribution in [2.24, 2.45) is 11.3 Å². The molecule has 5 nitrogen and oxygen atoms in total. The van der Waals surface area contributed by atoms with Gasteiger partial charge in [-0.2, -0.15) is 0 Å². The Hall–Kier alpha value is -1.98. The highest BCUT2D eigenvalue weighted by molar-refractivity contribution is 5.83. The van der Waals surface area contributed by atoms with E-state index in [2.05, 4.69) is 39.9 Å². The Kier molecular flexibility index (Phi) is 3.58. The molecule has 0 spiro atoms. The van der Waals surface area contributed by atoms with Gasteiger partial charge in [0.25, 0.3) is 0 Å². The van der Waals surface area contributed by atoms with E-state index in [9.17, 15) is 9.90 Å². The third-order valence-corrected chi connectivity index (χ3v) is 5.79. The maximum absolute atomic E-state index is 12.0. The van der Waals surface area contributed by atoms with Crippen LogP contribution in [-0.2, 0) is 11.3 Å². The molecule has 0 radical (unpaired) electrons. The van der Waals surface area contributed by atoms with E-state index < -0.39 is 11.4 Å². The Morgan fingerprint density at radius 2 is 2.17 bits per heavy atom. The predicted molar refractivity (Wildman–Crippen MR) is 92.8 cm³/mol. The van der Waals surface area contributed by atoms with Crippen LogP contribution < -0.4 is 0 Å². The normalized spacial score (nSPS) is 27.7. The molecule has 5 heteroatoms. The van der Waals surface area contributed by atoms with Crippen LogP contribution in [0.1, 0.15) is 11.1 Å². The largest absolute Gasteiger partial charge is 0.481 e. The summed E-state index contributed by atoms with van der Waals surface area (Å²) in [6, 6.07) is 8.25. The second-order valence-corrected chi connectivity index (χ2v) is 7.46. The number of aryl methyl sites for hydroxylation is 1. The van der Waals surface area contributed by atoms with Crippen molar-refractivity contribution in [1.82, 2.24) is 14.8 Å². The van der Waals surface area contributed by atoms with E-state index in [0.29, 0.717) is 13.1 Å². The van der Waals surface area contributed by atoms with E-state index in [-0.39, 0.29) is 5.92 Å². The van der Waals surface area contributed by atoms with Crippen molar-refractivity contribution < 1.29 is 9.90 Å². The van der Waals surface area contributed by atoms with Gasteiger partial charge in [0.2, 0.25) is 0 Å². The van der Waals surface area contributed by atoms with Crippen LogP contribution in [-0.4, -0.2) is 59.1 Å². The van der Waals surface area contributed by atoms with Crippen molar-refractivity contribution >= 4 is 16.9 Å². The zero-order valence-corrected chi connectivity index (χ0v) is 14.2. The predicted octanol–water partition coefficient (Wildman–Crippen LogP) is 1.99. The molecule has 0 amide bonds. The molecule has 2 aliphatic heterocycles. The number of hydrogen-bond acceptors (Lipinski definition) is 4. The number of nitrogens with zero attached hydrogens (tertiary/aromatic N) is 3. The standard InChI is InChI=1S/C19H23N3O2/c1-13-5-6-17-15(4-3-7-20-17)16(13)10-22-9-14-8-21(2)11-19(14,12-22)18(23)24/h3-7,14H,8-12H2,1-2H3,(H,23,24)/t14-,19-/m0/s1. The minimum Gasteiger partial charge on any atom is -0.481 e. The first kappa shape index (κ1) is 15.5. The zero-order valence-electron chi connectivity index (χ0n) is 14.2. The summed E-state index contributed by atoms with van der Waals surface area (Å²) in [6.45, 7) is 5.93. The van der Waals surface area contributed by atoms with Crippen LogP contribution in [0.5, 0.6) is 0 Å². The van der Waals surface area contributed by atoms with Crippen molar-refractivity contribution in [3.05, 3.63) is 41.6 Å². The lowest BCUT2D eigenvalue weighted by Gasteiger charge is -2.25. The summed E-state index contributed by atoms with van der Waals surface area (Å²) in [4.78, 5) is 20.9. The van der Waals surface area contributed by atoms with Crippen LogP contribution in [0.15, 0.2) is 30.5 Å². The van der Waals surface area contributed by atoms with Crippen LogP contribution in [0.4, 0.5) is 0 Å². The molecule has 0 saturated carbocycles. The van der Waals surface area contributed by atoms with Gasteiger partial charge in [0, 0.05) is 50.2 Å². The summed E-state index contributed by atoms with van der Waals surface area (Å²) >= 11 is 0. The van der Waals surface area contributed by atoms with E-state index in [1.807, 2.05) is 19.3 Å². The molecule has 24 heavy (non-hydrogen) atoms. The molecule has 2 aliphatic rings. The number of benzene rings is 1. The molecule has 1 N–H and O–H groups in total. The first-order valence-electron chi connectivity index (χ1n) is 8.47. The third kappa shape index (κ3) is 2.31. The van der Waals surface area contributed by atoms with Crippen LogP contribution in [0.2, 0.25) is 0 Å². The minimum absolute atomic E-state index is 0.216. The number of rotatable bonds is 3. The van der Waals surface area contributed by atoms with Crippen LogP contribution in [0, 0.1) is 18.3 Å². The Balaban J connectivity index is 1.64. The number of carbonyl (C=O) groups is 1. The molecule has 0 unspecified atom stereocenters. The Bertz CT molecular complexity index is 806. The Morgan fingerprint density at radius 3 is 2.92 bits per heavy atom. The number of aromatic nitrogens is 1. The highest BCUT2D eigenvalue weighted by atomic mass is 16.4.